The van der Waals surface area contributed by atoms with Crippen LogP contribution in [0.3, 0.4) is 0 Å². The van der Waals surface area contributed by atoms with Crippen LogP contribution in [0.4, 0.5) is 0 Å². The van der Waals surface area contributed by atoms with Crippen LogP contribution in [0.15, 0.2) is 0 Å². The summed E-state index contributed by atoms with van der Waals surface area (Å²) in [6.45, 7) is 9.55. The molecule has 0 radical (unpaired) electrons. The first-order chi connectivity index (χ1) is 10.6. The van der Waals surface area contributed by atoms with Gasteiger partial charge in [-0.1, -0.05) is 12.8 Å². The van der Waals surface area contributed by atoms with Crippen LogP contribution in [0.1, 0.15) is 32.6 Å². The van der Waals surface area contributed by atoms with Crippen molar-refractivity contribution in [2.45, 2.75) is 38.6 Å². The summed E-state index contributed by atoms with van der Waals surface area (Å²) in [7, 11) is 2.18. The topological polar surface area (TPSA) is 47.6 Å². The number of fused-ring (bicyclic) bond motifs is 1. The Kier molecular flexibility index (Phi) is 5.05. The van der Waals surface area contributed by atoms with E-state index in [4.69, 9.17) is 0 Å². The molecule has 3 fully saturated rings. The van der Waals surface area contributed by atoms with E-state index in [1.165, 1.54) is 19.3 Å². The van der Waals surface area contributed by atoms with E-state index in [0.717, 1.165) is 52.2 Å². The molecule has 2 saturated heterocycles. The van der Waals surface area contributed by atoms with Crippen LogP contribution in [0, 0.1) is 11.3 Å². The number of likely N-dealkylation sites (N-methyl/N-ethyl adjacent to an activating group) is 1. The Morgan fingerprint density at radius 1 is 1.32 bits per heavy atom. The SMILES string of the molecule is CC(CN1CCN(C)CC1)NC(=O)[C@@]12CCCC[C@H]1CNC2. The van der Waals surface area contributed by atoms with Gasteiger partial charge in [-0.05, 0) is 39.3 Å². The number of amides is 1. The highest BCUT2D eigenvalue weighted by Gasteiger charge is 2.49. The Balaban J connectivity index is 1.52. The van der Waals surface area contributed by atoms with Gasteiger partial charge < -0.3 is 15.5 Å². The Morgan fingerprint density at radius 3 is 2.86 bits per heavy atom. The van der Waals surface area contributed by atoms with E-state index in [0.29, 0.717) is 11.8 Å². The highest BCUT2D eigenvalue weighted by molar-refractivity contribution is 5.84. The van der Waals surface area contributed by atoms with E-state index in [1.54, 1.807) is 0 Å². The van der Waals surface area contributed by atoms with Gasteiger partial charge in [0, 0.05) is 45.3 Å². The van der Waals surface area contributed by atoms with Crippen LogP contribution in [0.2, 0.25) is 0 Å². The number of piperazine rings is 1. The first-order valence-electron chi connectivity index (χ1n) is 9.03. The molecule has 3 rings (SSSR count). The molecule has 0 bridgehead atoms. The van der Waals surface area contributed by atoms with Gasteiger partial charge in [-0.15, -0.1) is 0 Å². The lowest BCUT2D eigenvalue weighted by molar-refractivity contribution is -0.134. The average molecular weight is 308 g/mol. The fourth-order valence-corrected chi connectivity index (χ4v) is 4.52. The number of hydrogen-bond acceptors (Lipinski definition) is 4. The number of rotatable bonds is 4. The second-order valence-electron chi connectivity index (χ2n) is 7.71. The van der Waals surface area contributed by atoms with Gasteiger partial charge in [-0.25, -0.2) is 0 Å². The van der Waals surface area contributed by atoms with Crippen molar-refractivity contribution in [1.82, 2.24) is 20.4 Å². The molecule has 3 aliphatic rings. The summed E-state index contributed by atoms with van der Waals surface area (Å²) in [5.74, 6) is 0.862. The highest BCUT2D eigenvalue weighted by Crippen LogP contribution is 2.43. The monoisotopic (exact) mass is 308 g/mol. The molecule has 0 aromatic carbocycles. The quantitative estimate of drug-likeness (QED) is 0.795. The first-order valence-corrected chi connectivity index (χ1v) is 9.03. The van der Waals surface area contributed by atoms with Crippen molar-refractivity contribution < 1.29 is 4.79 Å². The molecule has 126 valence electrons. The summed E-state index contributed by atoms with van der Waals surface area (Å²) < 4.78 is 0. The Bertz CT molecular complexity index is 394. The molecule has 1 amide bonds. The third-order valence-electron chi connectivity index (χ3n) is 6.00. The molecule has 1 aliphatic carbocycles. The van der Waals surface area contributed by atoms with E-state index in [-0.39, 0.29) is 11.5 Å². The molecular formula is C17H32N4O. The first kappa shape index (κ1) is 16.2. The molecule has 1 unspecified atom stereocenters. The van der Waals surface area contributed by atoms with Crippen LogP contribution < -0.4 is 10.6 Å². The third kappa shape index (κ3) is 3.31. The summed E-state index contributed by atoms with van der Waals surface area (Å²) in [6.07, 6.45) is 4.78. The number of nitrogens with one attached hydrogen (secondary N) is 2. The Morgan fingerprint density at radius 2 is 2.09 bits per heavy atom. The van der Waals surface area contributed by atoms with E-state index in [1.807, 2.05) is 0 Å². The maximum Gasteiger partial charge on any atom is 0.228 e. The zero-order valence-corrected chi connectivity index (χ0v) is 14.2. The predicted octanol–water partition coefficient (Wildman–Crippen LogP) is 0.518. The van der Waals surface area contributed by atoms with Crippen molar-refractivity contribution in [3.05, 3.63) is 0 Å². The van der Waals surface area contributed by atoms with E-state index < -0.39 is 0 Å². The second kappa shape index (κ2) is 6.85. The molecule has 22 heavy (non-hydrogen) atoms. The maximum absolute atomic E-state index is 12.9. The minimum atomic E-state index is -0.116. The number of carbonyl (C=O) groups is 1. The van der Waals surface area contributed by atoms with E-state index in [9.17, 15) is 4.79 Å². The summed E-state index contributed by atoms with van der Waals surface area (Å²) >= 11 is 0. The molecule has 2 aliphatic heterocycles. The predicted molar refractivity (Wildman–Crippen MR) is 88.8 cm³/mol. The van der Waals surface area contributed by atoms with Gasteiger partial charge >= 0.3 is 0 Å². The number of hydrogen-bond donors (Lipinski definition) is 2. The lowest BCUT2D eigenvalue weighted by atomic mass is 9.67. The van der Waals surface area contributed by atoms with Crippen molar-refractivity contribution in [3.63, 3.8) is 0 Å². The molecule has 2 N–H and O–H groups in total. The lowest BCUT2D eigenvalue weighted by Crippen LogP contribution is -2.54. The molecular weight excluding hydrogens is 276 g/mol. The van der Waals surface area contributed by atoms with Crippen molar-refractivity contribution in [2.75, 3.05) is 52.9 Å². The largest absolute Gasteiger partial charge is 0.352 e. The van der Waals surface area contributed by atoms with Crippen LogP contribution in [0.25, 0.3) is 0 Å². The standard InChI is InChI=1S/C17H32N4O/c1-14(12-21-9-7-20(2)8-10-21)19-16(22)17-6-4-3-5-15(17)11-18-13-17/h14-15,18H,3-13H2,1-2H3,(H,19,22)/t14?,15-,17+/m0/s1. The Hall–Kier alpha value is -0.650. The summed E-state index contributed by atoms with van der Waals surface area (Å²) in [4.78, 5) is 17.8. The van der Waals surface area contributed by atoms with E-state index >= 15 is 0 Å². The molecule has 1 saturated carbocycles. The smallest absolute Gasteiger partial charge is 0.228 e. The summed E-state index contributed by atoms with van der Waals surface area (Å²) in [5, 5.41) is 6.80. The zero-order chi connectivity index (χ0) is 15.6. The van der Waals surface area contributed by atoms with Gasteiger partial charge in [0.25, 0.3) is 0 Å². The molecule has 0 spiro atoms. The fraction of sp³-hybridized carbons (Fsp3) is 0.941. The van der Waals surface area contributed by atoms with Gasteiger partial charge in [0.05, 0.1) is 5.41 Å². The minimum Gasteiger partial charge on any atom is -0.352 e. The molecule has 5 nitrogen and oxygen atoms in total. The third-order valence-corrected chi connectivity index (χ3v) is 6.00. The van der Waals surface area contributed by atoms with E-state index in [2.05, 4.69) is 34.4 Å². The van der Waals surface area contributed by atoms with Crippen LogP contribution in [0.5, 0.6) is 0 Å². The molecule has 0 aromatic rings. The van der Waals surface area contributed by atoms with Crippen molar-refractivity contribution in [1.29, 1.82) is 0 Å². The molecule has 2 heterocycles. The molecule has 0 aromatic heterocycles. The summed E-state index contributed by atoms with van der Waals surface area (Å²) in [5.41, 5.74) is -0.116. The molecule has 3 atom stereocenters. The minimum absolute atomic E-state index is 0.116. The van der Waals surface area contributed by atoms with Gasteiger partial charge in [0.2, 0.25) is 5.91 Å². The number of nitrogens with zero attached hydrogens (tertiary/aromatic N) is 2. The van der Waals surface area contributed by atoms with Crippen molar-refractivity contribution >= 4 is 5.91 Å². The fourth-order valence-electron chi connectivity index (χ4n) is 4.52. The molecule has 5 heteroatoms. The summed E-state index contributed by atoms with van der Waals surface area (Å²) in [6, 6.07) is 0.244. The van der Waals surface area contributed by atoms with Crippen LogP contribution in [-0.2, 0) is 4.79 Å². The lowest BCUT2D eigenvalue weighted by Gasteiger charge is -2.39. The Labute approximate surface area is 134 Å². The highest BCUT2D eigenvalue weighted by atomic mass is 16.2. The normalized spacial score (nSPS) is 35.1. The zero-order valence-electron chi connectivity index (χ0n) is 14.2. The van der Waals surface area contributed by atoms with Gasteiger partial charge in [-0.2, -0.15) is 0 Å². The van der Waals surface area contributed by atoms with Gasteiger partial charge in [0.1, 0.15) is 0 Å². The van der Waals surface area contributed by atoms with Crippen molar-refractivity contribution in [2.24, 2.45) is 11.3 Å². The van der Waals surface area contributed by atoms with Gasteiger partial charge in [0.15, 0.2) is 0 Å². The van der Waals surface area contributed by atoms with Crippen LogP contribution >= 0.6 is 0 Å². The maximum atomic E-state index is 12.9. The van der Waals surface area contributed by atoms with Gasteiger partial charge in [-0.3, -0.25) is 9.69 Å². The number of carbonyl (C=O) groups excluding carboxylic acids is 1. The average Bonchev–Trinajstić information content (AvgIpc) is 2.94. The van der Waals surface area contributed by atoms with Crippen molar-refractivity contribution in [3.8, 4) is 0 Å². The van der Waals surface area contributed by atoms with Crippen LogP contribution in [-0.4, -0.2) is 74.6 Å². The second-order valence-corrected chi connectivity index (χ2v) is 7.71.